The Balaban J connectivity index is 1.32. The number of benzene rings is 2. The van der Waals surface area contributed by atoms with Crippen molar-refractivity contribution in [3.63, 3.8) is 0 Å². The molecule has 2 saturated carbocycles. The zero-order chi connectivity index (χ0) is 28.6. The van der Waals surface area contributed by atoms with Crippen molar-refractivity contribution in [1.82, 2.24) is 15.0 Å². The number of aryl methyl sites for hydroxylation is 1. The average Bonchev–Trinajstić information content (AvgIpc) is 2.94. The topological polar surface area (TPSA) is 94.1 Å². The molecule has 0 amide bonds. The van der Waals surface area contributed by atoms with Crippen molar-refractivity contribution in [2.24, 2.45) is 0 Å². The van der Waals surface area contributed by atoms with Gasteiger partial charge in [-0.25, -0.2) is 27.8 Å². The van der Waals surface area contributed by atoms with Gasteiger partial charge >= 0.3 is 0 Å². The second kappa shape index (κ2) is 11.0. The van der Waals surface area contributed by atoms with E-state index in [1.165, 1.54) is 0 Å². The molecular formula is C32H35FN4O3S. The van der Waals surface area contributed by atoms with Gasteiger partial charge in [0.25, 0.3) is 0 Å². The largest absolute Gasteiger partial charge is 0.437 e. The second-order valence-electron chi connectivity index (χ2n) is 11.6. The molecule has 2 unspecified atom stereocenters. The summed E-state index contributed by atoms with van der Waals surface area (Å²) >= 11 is 0. The lowest BCUT2D eigenvalue weighted by atomic mass is 9.86. The van der Waals surface area contributed by atoms with Crippen LogP contribution in [0.25, 0.3) is 22.0 Å². The van der Waals surface area contributed by atoms with Crippen LogP contribution in [-0.2, 0) is 15.6 Å². The molecule has 6 rings (SSSR count). The maximum Gasteiger partial charge on any atom is 0.228 e. The average molecular weight is 575 g/mol. The van der Waals surface area contributed by atoms with Gasteiger partial charge in [0.15, 0.2) is 9.84 Å². The lowest BCUT2D eigenvalue weighted by Crippen LogP contribution is -2.42. The third-order valence-electron chi connectivity index (χ3n) is 8.62. The summed E-state index contributed by atoms with van der Waals surface area (Å²) in [5.41, 5.74) is 2.94. The first-order valence-electron chi connectivity index (χ1n) is 14.3. The highest BCUT2D eigenvalue weighted by Crippen LogP contribution is 2.43. The lowest BCUT2D eigenvalue weighted by Gasteiger charge is -2.37. The molecule has 2 aliphatic carbocycles. The van der Waals surface area contributed by atoms with Crippen LogP contribution in [0.15, 0.2) is 60.9 Å². The fourth-order valence-electron chi connectivity index (χ4n) is 5.98. The highest BCUT2D eigenvalue weighted by atomic mass is 32.2. The summed E-state index contributed by atoms with van der Waals surface area (Å²) in [6.45, 7) is 3.79. The van der Waals surface area contributed by atoms with Gasteiger partial charge in [-0.3, -0.25) is 0 Å². The number of alkyl halides is 1. The van der Waals surface area contributed by atoms with Crippen LogP contribution in [0.3, 0.4) is 0 Å². The number of ether oxygens (including phenoxy) is 1. The molecule has 41 heavy (non-hydrogen) atoms. The Morgan fingerprint density at radius 3 is 2.59 bits per heavy atom. The molecule has 0 spiro atoms. The molecule has 2 heterocycles. The van der Waals surface area contributed by atoms with E-state index in [2.05, 4.69) is 15.3 Å². The maximum atomic E-state index is 13.9. The Morgan fingerprint density at radius 2 is 1.83 bits per heavy atom. The predicted octanol–water partition coefficient (Wildman–Crippen LogP) is 7.34. The van der Waals surface area contributed by atoms with Crippen molar-refractivity contribution in [3.8, 4) is 22.9 Å². The minimum absolute atomic E-state index is 0.000823. The van der Waals surface area contributed by atoms with E-state index in [1.54, 1.807) is 18.5 Å². The Kier molecular flexibility index (Phi) is 7.40. The molecule has 2 aromatic carbocycles. The van der Waals surface area contributed by atoms with Gasteiger partial charge in [-0.1, -0.05) is 36.8 Å². The van der Waals surface area contributed by atoms with Crippen LogP contribution >= 0.6 is 0 Å². The number of pyridine rings is 1. The molecule has 0 radical (unpaired) electrons. The van der Waals surface area contributed by atoms with Crippen molar-refractivity contribution >= 4 is 26.6 Å². The van der Waals surface area contributed by atoms with Gasteiger partial charge in [-0.2, -0.15) is 0 Å². The highest BCUT2D eigenvalue weighted by molar-refractivity contribution is 7.92. The normalized spacial score (nSPS) is 20.4. The lowest BCUT2D eigenvalue weighted by molar-refractivity contribution is 0.239. The van der Waals surface area contributed by atoms with Crippen LogP contribution < -0.4 is 10.1 Å². The van der Waals surface area contributed by atoms with Crippen molar-refractivity contribution in [1.29, 1.82) is 0 Å². The maximum absolute atomic E-state index is 13.9. The van der Waals surface area contributed by atoms with E-state index in [-0.39, 0.29) is 11.8 Å². The van der Waals surface area contributed by atoms with E-state index in [0.717, 1.165) is 41.2 Å². The molecular weight excluding hydrogens is 539 g/mol. The summed E-state index contributed by atoms with van der Waals surface area (Å²) in [4.78, 5) is 13.6. The van der Waals surface area contributed by atoms with E-state index in [4.69, 9.17) is 9.72 Å². The van der Waals surface area contributed by atoms with Gasteiger partial charge in [0.05, 0.1) is 21.8 Å². The molecule has 1 N–H and O–H groups in total. The van der Waals surface area contributed by atoms with Crippen molar-refractivity contribution in [3.05, 3.63) is 72.1 Å². The van der Waals surface area contributed by atoms with Crippen molar-refractivity contribution in [2.45, 2.75) is 81.5 Å². The smallest absolute Gasteiger partial charge is 0.228 e. The molecule has 0 bridgehead atoms. The second-order valence-corrected chi connectivity index (χ2v) is 14.1. The molecule has 9 heteroatoms. The number of halogens is 1. The van der Waals surface area contributed by atoms with E-state index in [0.29, 0.717) is 54.5 Å². The molecule has 2 fully saturated rings. The van der Waals surface area contributed by atoms with Gasteiger partial charge in [-0.15, -0.1) is 0 Å². The number of aromatic nitrogens is 3. The number of hydrogen-bond acceptors (Lipinski definition) is 7. The Bertz CT molecular complexity index is 1690. The minimum Gasteiger partial charge on any atom is -0.437 e. The summed E-state index contributed by atoms with van der Waals surface area (Å²) in [5, 5.41) is 4.98. The predicted molar refractivity (Wildman–Crippen MR) is 160 cm³/mol. The quantitative estimate of drug-likeness (QED) is 0.235. The molecule has 0 aliphatic heterocycles. The standard InChI is InChI=1S/C32H35FN4O3S/c1-21-18-22(20-41(38,39)32(2)14-7-15-32)25-10-3-4-11-26(25)29(21)40-30-27(12-6-16-34-30)28-13-17-35-31(37-28)36-24-9-5-8-23(33)19-24/h3-4,6,10-13,16-18,23-24H,5,7-9,14-15,19-20H2,1-2H3,(H,35,36,37). The fraction of sp³-hybridized carbons (Fsp3) is 0.406. The van der Waals surface area contributed by atoms with E-state index < -0.39 is 20.8 Å². The first-order chi connectivity index (χ1) is 19.7. The van der Waals surface area contributed by atoms with E-state index >= 15 is 0 Å². The van der Waals surface area contributed by atoms with E-state index in [9.17, 15) is 12.8 Å². The summed E-state index contributed by atoms with van der Waals surface area (Å²) in [6, 6.07) is 15.2. The molecule has 0 saturated heterocycles. The summed E-state index contributed by atoms with van der Waals surface area (Å²) in [6.07, 6.45) is 7.73. The van der Waals surface area contributed by atoms with Crippen LogP contribution in [0.2, 0.25) is 0 Å². The van der Waals surface area contributed by atoms with Crippen LogP contribution in [0.1, 0.15) is 63.0 Å². The number of anilines is 1. The van der Waals surface area contributed by atoms with Crippen molar-refractivity contribution < 1.29 is 17.5 Å². The van der Waals surface area contributed by atoms with Gasteiger partial charge < -0.3 is 10.1 Å². The van der Waals surface area contributed by atoms with Gasteiger partial charge in [0, 0.05) is 23.8 Å². The van der Waals surface area contributed by atoms with Crippen LogP contribution in [-0.4, -0.2) is 40.3 Å². The monoisotopic (exact) mass is 574 g/mol. The number of rotatable bonds is 8. The fourth-order valence-corrected chi connectivity index (χ4v) is 7.89. The SMILES string of the molecule is Cc1cc(CS(=O)(=O)C2(C)CCC2)c2ccccc2c1Oc1ncccc1-c1ccnc(NC2CCCC(F)C2)n1. The Hall–Kier alpha value is -3.59. The number of hydrogen-bond donors (Lipinski definition) is 1. The highest BCUT2D eigenvalue weighted by Gasteiger charge is 2.44. The number of sulfone groups is 1. The Labute approximate surface area is 240 Å². The van der Waals surface area contributed by atoms with Crippen LogP contribution in [0, 0.1) is 6.92 Å². The molecule has 214 valence electrons. The number of nitrogens with zero attached hydrogens (tertiary/aromatic N) is 3. The van der Waals surface area contributed by atoms with Crippen LogP contribution in [0.4, 0.5) is 10.3 Å². The number of nitrogens with one attached hydrogen (secondary N) is 1. The van der Waals surface area contributed by atoms with Crippen molar-refractivity contribution in [2.75, 3.05) is 5.32 Å². The molecule has 7 nitrogen and oxygen atoms in total. The molecule has 4 aromatic rings. The summed E-state index contributed by atoms with van der Waals surface area (Å²) in [5.74, 6) is 1.46. The number of fused-ring (bicyclic) bond motifs is 1. The zero-order valence-corrected chi connectivity index (χ0v) is 24.3. The summed E-state index contributed by atoms with van der Waals surface area (Å²) < 4.78 is 46.4. The Morgan fingerprint density at radius 1 is 1.02 bits per heavy atom. The molecule has 2 aliphatic rings. The van der Waals surface area contributed by atoms with Gasteiger partial charge in [-0.05, 0) is 87.1 Å². The van der Waals surface area contributed by atoms with Crippen LogP contribution in [0.5, 0.6) is 11.6 Å². The molecule has 2 atom stereocenters. The first-order valence-corrected chi connectivity index (χ1v) is 16.0. The van der Waals surface area contributed by atoms with Gasteiger partial charge in [0.1, 0.15) is 11.9 Å². The minimum atomic E-state index is -3.31. The van der Waals surface area contributed by atoms with Gasteiger partial charge in [0.2, 0.25) is 11.8 Å². The summed E-state index contributed by atoms with van der Waals surface area (Å²) in [7, 11) is -3.31. The van der Waals surface area contributed by atoms with E-state index in [1.807, 2.05) is 56.3 Å². The first kappa shape index (κ1) is 27.6. The third-order valence-corrected chi connectivity index (χ3v) is 11.2. The zero-order valence-electron chi connectivity index (χ0n) is 23.4. The third kappa shape index (κ3) is 5.52. The molecule has 2 aromatic heterocycles.